The van der Waals surface area contributed by atoms with E-state index in [0.717, 1.165) is 18.9 Å². The van der Waals surface area contributed by atoms with Crippen molar-refractivity contribution in [2.45, 2.75) is 52.7 Å². The second kappa shape index (κ2) is 11.0. The van der Waals surface area contributed by atoms with Crippen LogP contribution in [0.25, 0.3) is 0 Å². The van der Waals surface area contributed by atoms with Crippen LogP contribution in [-0.4, -0.2) is 40.3 Å². The van der Waals surface area contributed by atoms with Gasteiger partial charge < -0.3 is 18.0 Å². The molecule has 0 radical (unpaired) electrons. The molecule has 118 valence electrons. The van der Waals surface area contributed by atoms with E-state index in [2.05, 4.69) is 13.5 Å². The first-order valence-electron chi connectivity index (χ1n) is 7.34. The molecule has 0 bridgehead atoms. The molecule has 6 heteroatoms. The third-order valence-corrected chi connectivity index (χ3v) is 5.94. The molecular weight excluding hydrogens is 276 g/mol. The number of ether oxygens (including phenoxy) is 1. The van der Waals surface area contributed by atoms with Gasteiger partial charge in [0.2, 0.25) is 0 Å². The first-order valence-corrected chi connectivity index (χ1v) is 9.15. The van der Waals surface area contributed by atoms with Crippen LogP contribution in [0, 0.1) is 0 Å². The van der Waals surface area contributed by atoms with Crippen LogP contribution in [0.4, 0.5) is 0 Å². The molecule has 1 unspecified atom stereocenters. The quantitative estimate of drug-likeness (QED) is 0.315. The lowest BCUT2D eigenvalue weighted by molar-refractivity contribution is -0.143. The Bertz CT molecular complexity index is 266. The molecule has 0 spiro atoms. The van der Waals surface area contributed by atoms with Crippen molar-refractivity contribution in [3.63, 3.8) is 0 Å². The Kier molecular flexibility index (Phi) is 10.6. The smallest absolute Gasteiger partial charge is 0.455 e. The molecule has 0 aromatic carbocycles. The SMILES string of the molecule is C=CC(=O)OC(CCCC)[Si](OCC)(OCC)OCC. The molecule has 0 N–H and O–H groups in total. The van der Waals surface area contributed by atoms with E-state index in [1.165, 1.54) is 0 Å². The van der Waals surface area contributed by atoms with E-state index in [0.29, 0.717) is 26.2 Å². The van der Waals surface area contributed by atoms with Crippen molar-refractivity contribution in [3.8, 4) is 0 Å². The summed E-state index contributed by atoms with van der Waals surface area (Å²) in [5.41, 5.74) is -0.479. The minimum absolute atomic E-state index is 0.459. The fraction of sp³-hybridized carbons (Fsp3) is 0.786. The predicted molar refractivity (Wildman–Crippen MR) is 80.2 cm³/mol. The summed E-state index contributed by atoms with van der Waals surface area (Å²) in [6.07, 6.45) is 3.73. The number of rotatable bonds is 12. The van der Waals surface area contributed by atoms with Gasteiger partial charge in [0.25, 0.3) is 0 Å². The largest absolute Gasteiger partial charge is 0.544 e. The van der Waals surface area contributed by atoms with Crippen molar-refractivity contribution < 1.29 is 22.8 Å². The number of hydrogen-bond acceptors (Lipinski definition) is 5. The van der Waals surface area contributed by atoms with Crippen LogP contribution in [0.15, 0.2) is 12.7 Å². The zero-order valence-corrected chi connectivity index (χ0v) is 14.1. The Morgan fingerprint density at radius 1 is 1.10 bits per heavy atom. The standard InChI is InChI=1S/C14H28O5Si/c1-6-11-12-14(19-13(15)7-2)20(16-8-3,17-9-4)18-10-5/h7,14H,2,6,8-12H2,1,3-5H3. The minimum atomic E-state index is -3.03. The van der Waals surface area contributed by atoms with Gasteiger partial charge in [0.05, 0.1) is 0 Å². The van der Waals surface area contributed by atoms with Gasteiger partial charge in [-0.1, -0.05) is 26.3 Å². The van der Waals surface area contributed by atoms with E-state index >= 15 is 0 Å². The van der Waals surface area contributed by atoms with Gasteiger partial charge in [0, 0.05) is 25.9 Å². The summed E-state index contributed by atoms with van der Waals surface area (Å²) in [6, 6.07) is 0. The second-order valence-corrected chi connectivity index (χ2v) is 6.89. The molecule has 1 atom stereocenters. The van der Waals surface area contributed by atoms with E-state index in [4.69, 9.17) is 18.0 Å². The van der Waals surface area contributed by atoms with E-state index < -0.39 is 20.5 Å². The monoisotopic (exact) mass is 304 g/mol. The number of carbonyl (C=O) groups excluding carboxylic acids is 1. The van der Waals surface area contributed by atoms with Crippen LogP contribution >= 0.6 is 0 Å². The zero-order valence-electron chi connectivity index (χ0n) is 13.1. The van der Waals surface area contributed by atoms with Gasteiger partial charge in [0.15, 0.2) is 5.73 Å². The molecule has 0 aliphatic rings. The fourth-order valence-electron chi connectivity index (χ4n) is 1.89. The predicted octanol–water partition coefficient (Wildman–Crippen LogP) is 2.86. The first kappa shape index (κ1) is 19.3. The molecule has 0 saturated carbocycles. The molecule has 20 heavy (non-hydrogen) atoms. The number of unbranched alkanes of at least 4 members (excludes halogenated alkanes) is 1. The molecule has 0 fully saturated rings. The molecule has 0 aromatic heterocycles. The molecule has 0 amide bonds. The van der Waals surface area contributed by atoms with Gasteiger partial charge in [-0.2, -0.15) is 0 Å². The van der Waals surface area contributed by atoms with Crippen molar-refractivity contribution in [1.29, 1.82) is 0 Å². The highest BCUT2D eigenvalue weighted by Gasteiger charge is 2.51. The number of esters is 1. The van der Waals surface area contributed by atoms with Gasteiger partial charge >= 0.3 is 14.8 Å². The van der Waals surface area contributed by atoms with Crippen molar-refractivity contribution in [2.24, 2.45) is 0 Å². The summed E-state index contributed by atoms with van der Waals surface area (Å²) in [6.45, 7) is 12.5. The Morgan fingerprint density at radius 2 is 1.60 bits per heavy atom. The summed E-state index contributed by atoms with van der Waals surface area (Å²) in [4.78, 5) is 11.6. The Labute approximate surface area is 123 Å². The van der Waals surface area contributed by atoms with Crippen molar-refractivity contribution >= 4 is 14.8 Å². The normalized spacial score (nSPS) is 13.0. The molecule has 0 aliphatic carbocycles. The Balaban J connectivity index is 5.19. The maximum atomic E-state index is 11.6. The third-order valence-electron chi connectivity index (χ3n) is 2.68. The lowest BCUT2D eigenvalue weighted by Crippen LogP contribution is -2.58. The molecular formula is C14H28O5Si. The Hall–Kier alpha value is -0.693. The number of hydrogen-bond donors (Lipinski definition) is 0. The topological polar surface area (TPSA) is 54.0 Å². The summed E-state index contributed by atoms with van der Waals surface area (Å²) in [5.74, 6) is -0.470. The van der Waals surface area contributed by atoms with Crippen LogP contribution in [-0.2, 0) is 22.8 Å². The first-order chi connectivity index (χ1) is 9.60. The zero-order chi connectivity index (χ0) is 15.4. The lowest BCUT2D eigenvalue weighted by atomic mass is 10.3. The van der Waals surface area contributed by atoms with E-state index in [9.17, 15) is 4.79 Å². The van der Waals surface area contributed by atoms with Crippen molar-refractivity contribution in [1.82, 2.24) is 0 Å². The maximum absolute atomic E-state index is 11.6. The molecule has 0 rings (SSSR count). The maximum Gasteiger partial charge on any atom is 0.544 e. The Morgan fingerprint density at radius 3 is 1.95 bits per heavy atom. The summed E-state index contributed by atoms with van der Waals surface area (Å²) in [7, 11) is -3.03. The molecule has 5 nitrogen and oxygen atoms in total. The average molecular weight is 304 g/mol. The highest BCUT2D eigenvalue weighted by Crippen LogP contribution is 2.23. The lowest BCUT2D eigenvalue weighted by Gasteiger charge is -2.34. The van der Waals surface area contributed by atoms with Gasteiger partial charge in [-0.05, 0) is 27.2 Å². The fourth-order valence-corrected chi connectivity index (χ4v) is 4.73. The van der Waals surface area contributed by atoms with Gasteiger partial charge in [-0.3, -0.25) is 0 Å². The average Bonchev–Trinajstić information content (AvgIpc) is 2.43. The summed E-state index contributed by atoms with van der Waals surface area (Å²) in [5, 5.41) is 0. The van der Waals surface area contributed by atoms with E-state index in [-0.39, 0.29) is 0 Å². The van der Waals surface area contributed by atoms with Crippen LogP contribution in [0.2, 0.25) is 0 Å². The second-order valence-electron chi connectivity index (χ2n) is 4.17. The summed E-state index contributed by atoms with van der Waals surface area (Å²) >= 11 is 0. The molecule has 0 heterocycles. The van der Waals surface area contributed by atoms with E-state index in [1.807, 2.05) is 20.8 Å². The van der Waals surface area contributed by atoms with Gasteiger partial charge in [-0.25, -0.2) is 4.79 Å². The van der Waals surface area contributed by atoms with Crippen molar-refractivity contribution in [2.75, 3.05) is 19.8 Å². The summed E-state index contributed by atoms with van der Waals surface area (Å²) < 4.78 is 22.8. The molecule has 0 aliphatic heterocycles. The van der Waals surface area contributed by atoms with Crippen LogP contribution in [0.1, 0.15) is 47.0 Å². The van der Waals surface area contributed by atoms with E-state index in [1.54, 1.807) is 0 Å². The van der Waals surface area contributed by atoms with Gasteiger partial charge in [-0.15, -0.1) is 0 Å². The minimum Gasteiger partial charge on any atom is -0.455 e. The third kappa shape index (κ3) is 6.17. The highest BCUT2D eigenvalue weighted by molar-refractivity contribution is 6.62. The molecule has 0 saturated heterocycles. The van der Waals surface area contributed by atoms with Crippen LogP contribution < -0.4 is 0 Å². The number of carbonyl (C=O) groups is 1. The van der Waals surface area contributed by atoms with Crippen LogP contribution in [0.3, 0.4) is 0 Å². The highest BCUT2D eigenvalue weighted by atomic mass is 28.4. The molecule has 0 aromatic rings. The van der Waals surface area contributed by atoms with Crippen molar-refractivity contribution in [3.05, 3.63) is 12.7 Å². The van der Waals surface area contributed by atoms with Crippen LogP contribution in [0.5, 0.6) is 0 Å². The van der Waals surface area contributed by atoms with Gasteiger partial charge in [0.1, 0.15) is 0 Å².